The van der Waals surface area contributed by atoms with Crippen LogP contribution < -0.4 is 5.32 Å². The number of nitrogens with one attached hydrogen (secondary N) is 1. The highest BCUT2D eigenvalue weighted by Gasteiger charge is 2.29. The van der Waals surface area contributed by atoms with Crippen molar-refractivity contribution in [1.29, 1.82) is 0 Å². The summed E-state index contributed by atoms with van der Waals surface area (Å²) >= 11 is 0. The van der Waals surface area contributed by atoms with Gasteiger partial charge >= 0.3 is 0 Å². The predicted molar refractivity (Wildman–Crippen MR) is 79.3 cm³/mol. The van der Waals surface area contributed by atoms with Gasteiger partial charge in [0.2, 0.25) is 0 Å². The summed E-state index contributed by atoms with van der Waals surface area (Å²) in [6.07, 6.45) is 2.58. The van der Waals surface area contributed by atoms with Crippen molar-refractivity contribution in [3.05, 3.63) is 34.4 Å². The molecule has 18 heavy (non-hydrogen) atoms. The van der Waals surface area contributed by atoms with Crippen LogP contribution >= 0.6 is 0 Å². The third-order valence-corrected chi connectivity index (χ3v) is 4.35. The van der Waals surface area contributed by atoms with Crippen molar-refractivity contribution in [3.8, 4) is 0 Å². The summed E-state index contributed by atoms with van der Waals surface area (Å²) in [6.45, 7) is 12.5. The molecule has 0 spiro atoms. The van der Waals surface area contributed by atoms with Crippen molar-refractivity contribution < 1.29 is 0 Å². The molecule has 1 nitrogen and oxygen atoms in total. The summed E-state index contributed by atoms with van der Waals surface area (Å²) in [5.41, 5.74) is 5.91. The van der Waals surface area contributed by atoms with Crippen molar-refractivity contribution in [2.75, 3.05) is 6.54 Å². The van der Waals surface area contributed by atoms with E-state index in [2.05, 4.69) is 52.1 Å². The van der Waals surface area contributed by atoms with Crippen LogP contribution in [0.1, 0.15) is 54.9 Å². The maximum atomic E-state index is 3.70. The monoisotopic (exact) mass is 245 g/mol. The molecule has 1 heterocycles. The lowest BCUT2D eigenvalue weighted by atomic mass is 9.84. The van der Waals surface area contributed by atoms with Gasteiger partial charge in [-0.3, -0.25) is 0 Å². The van der Waals surface area contributed by atoms with Crippen LogP contribution in [-0.2, 0) is 0 Å². The van der Waals surface area contributed by atoms with E-state index in [9.17, 15) is 0 Å². The molecule has 2 atom stereocenters. The summed E-state index contributed by atoms with van der Waals surface area (Å²) in [5.74, 6) is 1.49. The van der Waals surface area contributed by atoms with E-state index in [0.29, 0.717) is 12.0 Å². The Morgan fingerprint density at radius 2 is 1.78 bits per heavy atom. The molecule has 1 aliphatic rings. The Balaban J connectivity index is 2.27. The fourth-order valence-corrected chi connectivity index (χ4v) is 3.28. The molecule has 0 aliphatic carbocycles. The van der Waals surface area contributed by atoms with Gasteiger partial charge in [-0.2, -0.15) is 0 Å². The van der Waals surface area contributed by atoms with Gasteiger partial charge in [0.1, 0.15) is 0 Å². The first-order valence-electron chi connectivity index (χ1n) is 7.30. The molecule has 2 rings (SSSR count). The molecule has 2 unspecified atom stereocenters. The van der Waals surface area contributed by atoms with Gasteiger partial charge in [0.15, 0.2) is 0 Å². The molecular weight excluding hydrogens is 218 g/mol. The number of aryl methyl sites for hydroxylation is 3. The third kappa shape index (κ3) is 2.77. The van der Waals surface area contributed by atoms with Crippen molar-refractivity contribution in [2.24, 2.45) is 5.92 Å². The van der Waals surface area contributed by atoms with Gasteiger partial charge in [0.05, 0.1) is 0 Å². The van der Waals surface area contributed by atoms with Crippen molar-refractivity contribution in [2.45, 2.75) is 59.4 Å². The zero-order valence-corrected chi connectivity index (χ0v) is 12.5. The highest BCUT2D eigenvalue weighted by Crippen LogP contribution is 2.34. The fourth-order valence-electron chi connectivity index (χ4n) is 3.28. The van der Waals surface area contributed by atoms with Gasteiger partial charge in [-0.15, -0.1) is 0 Å². The average molecular weight is 245 g/mol. The van der Waals surface area contributed by atoms with Crippen LogP contribution in [0.3, 0.4) is 0 Å². The lowest BCUT2D eigenvalue weighted by Gasteiger charge is -2.24. The molecule has 1 saturated heterocycles. The number of benzene rings is 1. The topological polar surface area (TPSA) is 12.0 Å². The second kappa shape index (κ2) is 5.44. The standard InChI is InChI=1S/C17H27N/c1-11(2)8-17-15(6-7-18-17)16-10-13(4)12(3)9-14(16)5/h9-11,15,17-18H,6-8H2,1-5H3. The smallest absolute Gasteiger partial charge is 0.0139 e. The Morgan fingerprint density at radius 1 is 1.11 bits per heavy atom. The lowest BCUT2D eigenvalue weighted by molar-refractivity contribution is 0.433. The summed E-state index contributed by atoms with van der Waals surface area (Å²) in [7, 11) is 0. The van der Waals surface area contributed by atoms with E-state index in [1.807, 2.05) is 0 Å². The molecule has 0 saturated carbocycles. The number of rotatable bonds is 3. The molecule has 100 valence electrons. The van der Waals surface area contributed by atoms with E-state index in [1.165, 1.54) is 36.1 Å². The predicted octanol–water partition coefficient (Wildman–Crippen LogP) is 4.10. The summed E-state index contributed by atoms with van der Waals surface area (Å²) in [6, 6.07) is 5.45. The number of hydrogen-bond acceptors (Lipinski definition) is 1. The molecule has 0 aromatic heterocycles. The molecule has 1 fully saturated rings. The van der Waals surface area contributed by atoms with E-state index < -0.39 is 0 Å². The summed E-state index contributed by atoms with van der Waals surface area (Å²) < 4.78 is 0. The molecule has 0 bridgehead atoms. The molecule has 1 aromatic rings. The molecule has 1 N–H and O–H groups in total. The minimum atomic E-state index is 0.672. The molecule has 1 aromatic carbocycles. The van der Waals surface area contributed by atoms with Crippen LogP contribution in [0.5, 0.6) is 0 Å². The first kappa shape index (κ1) is 13.6. The highest BCUT2D eigenvalue weighted by molar-refractivity contribution is 5.39. The van der Waals surface area contributed by atoms with Crippen LogP contribution in [0.25, 0.3) is 0 Å². The van der Waals surface area contributed by atoms with E-state index in [0.717, 1.165) is 5.92 Å². The summed E-state index contributed by atoms with van der Waals surface area (Å²) in [5, 5.41) is 3.70. The zero-order valence-electron chi connectivity index (χ0n) is 12.5. The van der Waals surface area contributed by atoms with Crippen LogP contribution in [0, 0.1) is 26.7 Å². The second-order valence-electron chi connectivity index (χ2n) is 6.38. The Labute approximate surface area is 112 Å². The van der Waals surface area contributed by atoms with Gasteiger partial charge < -0.3 is 5.32 Å². The maximum Gasteiger partial charge on any atom is 0.0139 e. The Kier molecular flexibility index (Phi) is 4.11. The van der Waals surface area contributed by atoms with Crippen molar-refractivity contribution in [3.63, 3.8) is 0 Å². The average Bonchev–Trinajstić information content (AvgIpc) is 2.70. The minimum Gasteiger partial charge on any atom is -0.313 e. The molecule has 1 aliphatic heterocycles. The van der Waals surface area contributed by atoms with Gasteiger partial charge in [-0.05, 0) is 68.3 Å². The molecule has 0 amide bonds. The van der Waals surface area contributed by atoms with Crippen LogP contribution in [0.2, 0.25) is 0 Å². The van der Waals surface area contributed by atoms with Crippen molar-refractivity contribution >= 4 is 0 Å². The summed E-state index contributed by atoms with van der Waals surface area (Å²) in [4.78, 5) is 0. The first-order chi connectivity index (χ1) is 8.49. The SMILES string of the molecule is Cc1cc(C)c(C2CCNC2CC(C)C)cc1C. The quantitative estimate of drug-likeness (QED) is 0.845. The maximum absolute atomic E-state index is 3.70. The van der Waals surface area contributed by atoms with Crippen LogP contribution in [-0.4, -0.2) is 12.6 Å². The van der Waals surface area contributed by atoms with E-state index in [-0.39, 0.29) is 0 Å². The van der Waals surface area contributed by atoms with Crippen LogP contribution in [0.4, 0.5) is 0 Å². The minimum absolute atomic E-state index is 0.672. The molecule has 0 radical (unpaired) electrons. The Morgan fingerprint density at radius 3 is 2.44 bits per heavy atom. The highest BCUT2D eigenvalue weighted by atomic mass is 14.9. The van der Waals surface area contributed by atoms with Crippen molar-refractivity contribution in [1.82, 2.24) is 5.32 Å². The van der Waals surface area contributed by atoms with E-state index in [4.69, 9.17) is 0 Å². The van der Waals surface area contributed by atoms with Gasteiger partial charge in [0.25, 0.3) is 0 Å². The lowest BCUT2D eigenvalue weighted by Crippen LogP contribution is -2.27. The Hall–Kier alpha value is -0.820. The molecule has 1 heteroatoms. The van der Waals surface area contributed by atoms with Crippen LogP contribution in [0.15, 0.2) is 12.1 Å². The van der Waals surface area contributed by atoms with Gasteiger partial charge in [-0.25, -0.2) is 0 Å². The third-order valence-electron chi connectivity index (χ3n) is 4.35. The van der Waals surface area contributed by atoms with Gasteiger partial charge in [-0.1, -0.05) is 26.0 Å². The fraction of sp³-hybridized carbons (Fsp3) is 0.647. The van der Waals surface area contributed by atoms with Gasteiger partial charge in [0, 0.05) is 12.0 Å². The Bertz CT molecular complexity index is 420. The largest absolute Gasteiger partial charge is 0.313 e. The normalized spacial score (nSPS) is 23.9. The van der Waals surface area contributed by atoms with E-state index in [1.54, 1.807) is 5.56 Å². The molecular formula is C17H27N. The van der Waals surface area contributed by atoms with E-state index >= 15 is 0 Å². The zero-order chi connectivity index (χ0) is 13.3. The second-order valence-corrected chi connectivity index (χ2v) is 6.38. The first-order valence-corrected chi connectivity index (χ1v) is 7.30. The number of hydrogen-bond donors (Lipinski definition) is 1.